The Balaban J connectivity index is 1.76. The molecule has 0 spiro atoms. The molecule has 2 heterocycles. The van der Waals surface area contributed by atoms with Gasteiger partial charge in [-0.25, -0.2) is 0 Å². The maximum atomic E-state index is 12.9. The Morgan fingerprint density at radius 2 is 2.08 bits per heavy atom. The molecule has 126 valence electrons. The first-order valence-corrected chi connectivity index (χ1v) is 8.15. The minimum absolute atomic E-state index is 0.0491. The number of carbonyl (C=O) groups is 1. The van der Waals surface area contributed by atoms with E-state index in [1.165, 1.54) is 0 Å². The van der Waals surface area contributed by atoms with Crippen molar-refractivity contribution in [3.63, 3.8) is 0 Å². The number of carbonyl (C=O) groups excluding carboxylic acids is 1. The lowest BCUT2D eigenvalue weighted by atomic mass is 10.1. The summed E-state index contributed by atoms with van der Waals surface area (Å²) in [5.74, 6) is 0.895. The molecule has 1 atom stereocenters. The van der Waals surface area contributed by atoms with E-state index in [9.17, 15) is 4.79 Å². The third-order valence-electron chi connectivity index (χ3n) is 4.20. The summed E-state index contributed by atoms with van der Waals surface area (Å²) in [6.45, 7) is 2.23. The van der Waals surface area contributed by atoms with Gasteiger partial charge in [0, 0.05) is 19.3 Å². The molecule has 0 radical (unpaired) electrons. The fourth-order valence-electron chi connectivity index (χ4n) is 2.84. The van der Waals surface area contributed by atoms with Crippen LogP contribution in [0.15, 0.2) is 48.7 Å². The first-order valence-electron chi connectivity index (χ1n) is 8.15. The van der Waals surface area contributed by atoms with Crippen molar-refractivity contribution in [3.8, 4) is 5.75 Å². The molecular formula is C19H22N2O3. The van der Waals surface area contributed by atoms with Crippen LogP contribution in [-0.4, -0.2) is 36.1 Å². The van der Waals surface area contributed by atoms with Gasteiger partial charge in [0.1, 0.15) is 5.75 Å². The molecule has 5 nitrogen and oxygen atoms in total. The van der Waals surface area contributed by atoms with E-state index < -0.39 is 0 Å². The van der Waals surface area contributed by atoms with Gasteiger partial charge in [0.2, 0.25) is 5.91 Å². The van der Waals surface area contributed by atoms with E-state index in [0.717, 1.165) is 23.4 Å². The predicted molar refractivity (Wildman–Crippen MR) is 90.4 cm³/mol. The molecule has 24 heavy (non-hydrogen) atoms. The highest BCUT2D eigenvalue weighted by Gasteiger charge is 2.28. The van der Waals surface area contributed by atoms with Gasteiger partial charge in [-0.15, -0.1) is 0 Å². The first-order chi connectivity index (χ1) is 11.8. The molecule has 0 N–H and O–H groups in total. The highest BCUT2D eigenvalue weighted by molar-refractivity contribution is 5.79. The number of hydrogen-bond acceptors (Lipinski definition) is 4. The Morgan fingerprint density at radius 1 is 1.25 bits per heavy atom. The number of amides is 1. The number of benzene rings is 1. The average Bonchev–Trinajstić information content (AvgIpc) is 3.17. The van der Waals surface area contributed by atoms with E-state index in [2.05, 4.69) is 4.98 Å². The van der Waals surface area contributed by atoms with Gasteiger partial charge in [-0.05, 0) is 36.2 Å². The number of pyridine rings is 1. The lowest BCUT2D eigenvalue weighted by molar-refractivity contribution is -0.136. The van der Waals surface area contributed by atoms with E-state index >= 15 is 0 Å². The topological polar surface area (TPSA) is 51.7 Å². The van der Waals surface area contributed by atoms with Crippen molar-refractivity contribution in [1.29, 1.82) is 0 Å². The molecule has 1 aliphatic rings. The molecule has 2 aromatic rings. The van der Waals surface area contributed by atoms with Crippen molar-refractivity contribution >= 4 is 5.91 Å². The number of methoxy groups -OCH3 is 1. The van der Waals surface area contributed by atoms with Crippen LogP contribution in [0.4, 0.5) is 0 Å². The predicted octanol–water partition coefficient (Wildman–Crippen LogP) is 2.66. The van der Waals surface area contributed by atoms with Gasteiger partial charge in [0.15, 0.2) is 0 Å². The van der Waals surface area contributed by atoms with Crippen molar-refractivity contribution in [1.82, 2.24) is 9.88 Å². The molecule has 0 aliphatic carbocycles. The molecule has 1 aliphatic heterocycles. The second-order valence-corrected chi connectivity index (χ2v) is 5.92. The molecule has 1 amide bonds. The minimum Gasteiger partial charge on any atom is -0.497 e. The van der Waals surface area contributed by atoms with Crippen molar-refractivity contribution in [2.75, 3.05) is 20.3 Å². The highest BCUT2D eigenvalue weighted by atomic mass is 16.5. The van der Waals surface area contributed by atoms with Crippen molar-refractivity contribution < 1.29 is 14.3 Å². The maximum Gasteiger partial charge on any atom is 0.228 e. The van der Waals surface area contributed by atoms with Crippen LogP contribution in [-0.2, 0) is 22.6 Å². The van der Waals surface area contributed by atoms with Crippen molar-refractivity contribution in [2.45, 2.75) is 19.5 Å². The van der Waals surface area contributed by atoms with E-state index in [4.69, 9.17) is 9.47 Å². The molecular weight excluding hydrogens is 304 g/mol. The SMILES string of the molecule is COc1ccc(CN(Cc2ccccn2)C(=O)[C@H]2CCOC2)cc1. The normalized spacial score (nSPS) is 16.8. The molecule has 0 saturated carbocycles. The zero-order valence-electron chi connectivity index (χ0n) is 13.9. The zero-order valence-corrected chi connectivity index (χ0v) is 13.9. The molecule has 5 heteroatoms. The van der Waals surface area contributed by atoms with E-state index in [1.807, 2.05) is 47.4 Å². The third-order valence-corrected chi connectivity index (χ3v) is 4.20. The molecule has 1 aromatic carbocycles. The van der Waals surface area contributed by atoms with Crippen molar-refractivity contribution in [2.24, 2.45) is 5.92 Å². The van der Waals surface area contributed by atoms with Gasteiger partial charge in [-0.3, -0.25) is 9.78 Å². The molecule has 1 saturated heterocycles. The summed E-state index contributed by atoms with van der Waals surface area (Å²) in [6.07, 6.45) is 2.55. The summed E-state index contributed by atoms with van der Waals surface area (Å²) >= 11 is 0. The number of rotatable bonds is 6. The third kappa shape index (κ3) is 4.11. The van der Waals surface area contributed by atoms with Gasteiger partial charge in [0.25, 0.3) is 0 Å². The lowest BCUT2D eigenvalue weighted by Crippen LogP contribution is -2.35. The molecule has 0 unspecified atom stereocenters. The quantitative estimate of drug-likeness (QED) is 0.819. The molecule has 0 bridgehead atoms. The van der Waals surface area contributed by atoms with Crippen LogP contribution in [0.25, 0.3) is 0 Å². The van der Waals surface area contributed by atoms with E-state index in [1.54, 1.807) is 13.3 Å². The Morgan fingerprint density at radius 3 is 2.71 bits per heavy atom. The summed E-state index contributed by atoms with van der Waals surface area (Å²) in [6, 6.07) is 13.6. The minimum atomic E-state index is -0.0491. The zero-order chi connectivity index (χ0) is 16.8. The van der Waals surface area contributed by atoms with Crippen molar-refractivity contribution in [3.05, 3.63) is 59.9 Å². The average molecular weight is 326 g/mol. The Bertz CT molecular complexity index is 652. The summed E-state index contributed by atoms with van der Waals surface area (Å²) in [5.41, 5.74) is 1.96. The second-order valence-electron chi connectivity index (χ2n) is 5.92. The summed E-state index contributed by atoms with van der Waals surface area (Å²) < 4.78 is 10.6. The van der Waals surface area contributed by atoms with Gasteiger partial charge >= 0.3 is 0 Å². The van der Waals surface area contributed by atoms with Gasteiger partial charge < -0.3 is 14.4 Å². The number of aromatic nitrogens is 1. The monoisotopic (exact) mass is 326 g/mol. The first kappa shape index (κ1) is 16.5. The largest absolute Gasteiger partial charge is 0.497 e. The second kappa shape index (κ2) is 7.93. The summed E-state index contributed by atoms with van der Waals surface area (Å²) in [7, 11) is 1.64. The fourth-order valence-corrected chi connectivity index (χ4v) is 2.84. The van der Waals surface area contributed by atoms with Gasteiger partial charge in [-0.1, -0.05) is 18.2 Å². The highest BCUT2D eigenvalue weighted by Crippen LogP contribution is 2.20. The number of hydrogen-bond donors (Lipinski definition) is 0. The van der Waals surface area contributed by atoms with Crippen LogP contribution in [0.3, 0.4) is 0 Å². The summed E-state index contributed by atoms with van der Waals surface area (Å²) in [5, 5.41) is 0. The van der Waals surface area contributed by atoms with Crippen LogP contribution in [0.2, 0.25) is 0 Å². The number of nitrogens with zero attached hydrogens (tertiary/aromatic N) is 2. The number of ether oxygens (including phenoxy) is 2. The molecule has 1 fully saturated rings. The van der Waals surface area contributed by atoms with E-state index in [-0.39, 0.29) is 11.8 Å². The standard InChI is InChI=1S/C19H22N2O3/c1-23-18-7-5-15(6-8-18)12-21(13-17-4-2-3-10-20-17)19(22)16-9-11-24-14-16/h2-8,10,16H,9,11-14H2,1H3/t16-/m0/s1. The van der Waals surface area contributed by atoms with E-state index in [0.29, 0.717) is 26.3 Å². The fraction of sp³-hybridized carbons (Fsp3) is 0.368. The smallest absolute Gasteiger partial charge is 0.228 e. The Hall–Kier alpha value is -2.40. The Kier molecular flexibility index (Phi) is 5.43. The van der Waals surface area contributed by atoms with Gasteiger partial charge in [0.05, 0.1) is 31.9 Å². The molecule has 1 aromatic heterocycles. The van der Waals surface area contributed by atoms with Crippen LogP contribution in [0.1, 0.15) is 17.7 Å². The lowest BCUT2D eigenvalue weighted by Gasteiger charge is -2.25. The van der Waals surface area contributed by atoms with Crippen LogP contribution >= 0.6 is 0 Å². The molecule has 3 rings (SSSR count). The van der Waals surface area contributed by atoms with Crippen LogP contribution in [0.5, 0.6) is 5.75 Å². The summed E-state index contributed by atoms with van der Waals surface area (Å²) in [4.78, 5) is 19.1. The van der Waals surface area contributed by atoms with Crippen LogP contribution < -0.4 is 4.74 Å². The van der Waals surface area contributed by atoms with Gasteiger partial charge in [-0.2, -0.15) is 0 Å². The Labute approximate surface area is 142 Å². The van der Waals surface area contributed by atoms with Crippen LogP contribution in [0, 0.1) is 5.92 Å². The maximum absolute atomic E-state index is 12.9.